The molecule has 1 amide bonds. The van der Waals surface area contributed by atoms with Crippen LogP contribution in [0.3, 0.4) is 0 Å². The van der Waals surface area contributed by atoms with Gasteiger partial charge in [-0.1, -0.05) is 6.92 Å². The molecule has 4 N–H and O–H groups in total. The van der Waals surface area contributed by atoms with Gasteiger partial charge in [-0.05, 0) is 72.4 Å². The minimum atomic E-state index is -0.839. The molecular formula is C25H24F2N4O2. The van der Waals surface area contributed by atoms with Crippen LogP contribution in [0.4, 0.5) is 14.5 Å². The van der Waals surface area contributed by atoms with Gasteiger partial charge in [-0.15, -0.1) is 0 Å². The summed E-state index contributed by atoms with van der Waals surface area (Å²) in [5, 5.41) is 12.3. The Morgan fingerprint density at radius 2 is 2.00 bits per heavy atom. The number of benzene rings is 1. The van der Waals surface area contributed by atoms with Crippen molar-refractivity contribution in [2.75, 3.05) is 5.32 Å². The van der Waals surface area contributed by atoms with E-state index in [9.17, 15) is 18.7 Å². The number of aromatic nitrogens is 2. The second-order valence-electron chi connectivity index (χ2n) is 9.37. The summed E-state index contributed by atoms with van der Waals surface area (Å²) in [6.07, 6.45) is 6.25. The van der Waals surface area contributed by atoms with Gasteiger partial charge in [0.2, 0.25) is 0 Å². The van der Waals surface area contributed by atoms with Gasteiger partial charge < -0.3 is 16.2 Å². The SMILES string of the molecule is CC12CC1[C@H](N)C[C@H](c1ccncc1NC(=O)c1ccc(F)c(-c3ccc(O)cc3F)n1)C2. The molecule has 2 fully saturated rings. The van der Waals surface area contributed by atoms with Crippen LogP contribution in [0, 0.1) is 23.0 Å². The number of hydrogen-bond acceptors (Lipinski definition) is 5. The number of carbonyl (C=O) groups is 1. The van der Waals surface area contributed by atoms with Crippen molar-refractivity contribution in [2.45, 2.75) is 38.1 Å². The van der Waals surface area contributed by atoms with Crippen LogP contribution in [0.5, 0.6) is 5.75 Å². The standard InChI is InChI=1S/C25H24F2N4O2/c1-25-10-13(8-20(28)17(25)11-25)15-6-7-29-12-22(15)31-24(33)21-5-4-18(26)23(30-21)16-3-2-14(32)9-19(16)27/h2-7,9,12-13,17,20,32H,8,10-11,28H2,1H3,(H,31,33)/t13-,17?,20+,25?/m0/s1. The molecule has 2 aliphatic rings. The number of fused-ring (bicyclic) bond motifs is 1. The summed E-state index contributed by atoms with van der Waals surface area (Å²) in [6, 6.07) is 7.66. The zero-order chi connectivity index (χ0) is 23.3. The predicted octanol–water partition coefficient (Wildman–Crippen LogP) is 4.61. The van der Waals surface area contributed by atoms with Crippen LogP contribution in [-0.4, -0.2) is 27.0 Å². The smallest absolute Gasteiger partial charge is 0.274 e. The van der Waals surface area contributed by atoms with E-state index in [-0.39, 0.29) is 40.1 Å². The summed E-state index contributed by atoms with van der Waals surface area (Å²) in [5.41, 5.74) is 7.64. The minimum Gasteiger partial charge on any atom is -0.508 e. The molecule has 6 nitrogen and oxygen atoms in total. The fraction of sp³-hybridized carbons (Fsp3) is 0.320. The fourth-order valence-corrected chi connectivity index (χ4v) is 5.23. The van der Waals surface area contributed by atoms with Gasteiger partial charge in [-0.2, -0.15) is 0 Å². The molecule has 2 aliphatic carbocycles. The number of halogens is 2. The second-order valence-corrected chi connectivity index (χ2v) is 9.37. The molecule has 8 heteroatoms. The summed E-state index contributed by atoms with van der Waals surface area (Å²) in [5.74, 6) is -1.69. The molecule has 2 aromatic heterocycles. The number of aromatic hydroxyl groups is 1. The van der Waals surface area contributed by atoms with E-state index < -0.39 is 17.5 Å². The number of amides is 1. The molecule has 33 heavy (non-hydrogen) atoms. The van der Waals surface area contributed by atoms with Gasteiger partial charge in [0.05, 0.1) is 11.9 Å². The average Bonchev–Trinajstić information content (AvgIpc) is 3.47. The molecule has 170 valence electrons. The van der Waals surface area contributed by atoms with E-state index in [2.05, 4.69) is 22.2 Å². The quantitative estimate of drug-likeness (QED) is 0.539. The first-order valence-corrected chi connectivity index (χ1v) is 10.9. The van der Waals surface area contributed by atoms with E-state index >= 15 is 0 Å². The Balaban J connectivity index is 1.42. The number of phenolic OH excluding ortho intramolecular Hbond substituents is 1. The number of rotatable bonds is 4. The Bertz CT molecular complexity index is 1250. The van der Waals surface area contributed by atoms with E-state index in [0.717, 1.165) is 37.0 Å². The lowest BCUT2D eigenvalue weighted by molar-refractivity contribution is 0.102. The molecule has 3 aromatic rings. The number of anilines is 1. The maximum atomic E-state index is 14.4. The molecule has 0 bridgehead atoms. The number of nitrogens with two attached hydrogens (primary N) is 1. The highest BCUT2D eigenvalue weighted by Crippen LogP contribution is 2.63. The largest absolute Gasteiger partial charge is 0.508 e. The average molecular weight is 450 g/mol. The Kier molecular flexibility index (Phi) is 5.12. The van der Waals surface area contributed by atoms with Gasteiger partial charge in [-0.3, -0.25) is 9.78 Å². The third-order valence-corrected chi connectivity index (χ3v) is 7.04. The van der Waals surface area contributed by atoms with Crippen molar-refractivity contribution < 1.29 is 18.7 Å². The van der Waals surface area contributed by atoms with Crippen molar-refractivity contribution >= 4 is 11.6 Å². The third-order valence-electron chi connectivity index (χ3n) is 7.04. The monoisotopic (exact) mass is 450 g/mol. The summed E-state index contributed by atoms with van der Waals surface area (Å²) < 4.78 is 28.7. The van der Waals surface area contributed by atoms with Gasteiger partial charge in [0.1, 0.15) is 28.8 Å². The fourth-order valence-electron chi connectivity index (χ4n) is 5.23. The number of phenols is 1. The van der Waals surface area contributed by atoms with Gasteiger partial charge in [0, 0.05) is 23.9 Å². The van der Waals surface area contributed by atoms with Crippen LogP contribution in [-0.2, 0) is 0 Å². The molecule has 4 atom stereocenters. The van der Waals surface area contributed by atoms with E-state index in [1.165, 1.54) is 18.2 Å². The van der Waals surface area contributed by atoms with E-state index in [0.29, 0.717) is 11.6 Å². The number of pyridine rings is 2. The van der Waals surface area contributed by atoms with Crippen LogP contribution < -0.4 is 11.1 Å². The van der Waals surface area contributed by atoms with Crippen LogP contribution in [0.1, 0.15) is 48.2 Å². The number of nitrogens with zero attached hydrogens (tertiary/aromatic N) is 2. The highest BCUT2D eigenvalue weighted by Gasteiger charge is 2.57. The van der Waals surface area contributed by atoms with Crippen LogP contribution in [0.25, 0.3) is 11.3 Å². The molecular weight excluding hydrogens is 426 g/mol. The van der Waals surface area contributed by atoms with Crippen molar-refractivity contribution in [2.24, 2.45) is 17.1 Å². The molecule has 0 radical (unpaired) electrons. The molecule has 2 unspecified atom stereocenters. The van der Waals surface area contributed by atoms with Gasteiger partial charge >= 0.3 is 0 Å². The van der Waals surface area contributed by atoms with Crippen molar-refractivity contribution in [1.29, 1.82) is 0 Å². The third kappa shape index (κ3) is 3.95. The number of nitrogens with one attached hydrogen (secondary N) is 1. The van der Waals surface area contributed by atoms with E-state index in [4.69, 9.17) is 5.73 Å². The summed E-state index contributed by atoms with van der Waals surface area (Å²) in [4.78, 5) is 21.2. The Hall–Kier alpha value is -3.39. The maximum Gasteiger partial charge on any atom is 0.274 e. The first-order valence-electron chi connectivity index (χ1n) is 10.9. The highest BCUT2D eigenvalue weighted by atomic mass is 19.1. The Morgan fingerprint density at radius 1 is 1.18 bits per heavy atom. The lowest BCUT2D eigenvalue weighted by atomic mass is 9.76. The van der Waals surface area contributed by atoms with Gasteiger partial charge in [0.25, 0.3) is 5.91 Å². The van der Waals surface area contributed by atoms with Gasteiger partial charge in [0.15, 0.2) is 0 Å². The van der Waals surface area contributed by atoms with Crippen LogP contribution >= 0.6 is 0 Å². The highest BCUT2D eigenvalue weighted by molar-refractivity contribution is 6.03. The van der Waals surface area contributed by atoms with Gasteiger partial charge in [-0.25, -0.2) is 13.8 Å². The Morgan fingerprint density at radius 3 is 2.76 bits per heavy atom. The summed E-state index contributed by atoms with van der Waals surface area (Å²) in [6.45, 7) is 2.26. The minimum absolute atomic E-state index is 0.0664. The van der Waals surface area contributed by atoms with Crippen molar-refractivity contribution in [3.63, 3.8) is 0 Å². The molecule has 1 aromatic carbocycles. The number of carbonyl (C=O) groups excluding carboxylic acids is 1. The molecule has 2 saturated carbocycles. The first-order chi connectivity index (χ1) is 15.7. The summed E-state index contributed by atoms with van der Waals surface area (Å²) in [7, 11) is 0. The normalized spacial score (nSPS) is 25.9. The molecule has 0 aliphatic heterocycles. The lowest BCUT2D eigenvalue weighted by Crippen LogP contribution is -2.33. The van der Waals surface area contributed by atoms with Crippen molar-refractivity contribution in [3.8, 4) is 17.0 Å². The van der Waals surface area contributed by atoms with Crippen molar-refractivity contribution in [3.05, 3.63) is 71.7 Å². The maximum absolute atomic E-state index is 14.4. The molecule has 0 saturated heterocycles. The predicted molar refractivity (Wildman–Crippen MR) is 120 cm³/mol. The van der Waals surface area contributed by atoms with Crippen molar-refractivity contribution in [1.82, 2.24) is 9.97 Å². The van der Waals surface area contributed by atoms with Crippen LogP contribution in [0.15, 0.2) is 48.8 Å². The molecule has 0 spiro atoms. The zero-order valence-electron chi connectivity index (χ0n) is 18.1. The van der Waals surface area contributed by atoms with E-state index in [1.807, 2.05) is 6.07 Å². The lowest BCUT2D eigenvalue weighted by Gasteiger charge is -2.32. The molecule has 5 rings (SSSR count). The number of hydrogen-bond donors (Lipinski definition) is 3. The Labute approximate surface area is 189 Å². The van der Waals surface area contributed by atoms with E-state index in [1.54, 1.807) is 12.4 Å². The second kappa shape index (κ2) is 7.88. The zero-order valence-corrected chi connectivity index (χ0v) is 18.1. The van der Waals surface area contributed by atoms with Crippen LogP contribution in [0.2, 0.25) is 0 Å². The molecule has 2 heterocycles. The topological polar surface area (TPSA) is 101 Å². The first kappa shape index (κ1) is 21.5. The summed E-state index contributed by atoms with van der Waals surface area (Å²) >= 11 is 0.